The van der Waals surface area contributed by atoms with Crippen molar-refractivity contribution in [3.8, 4) is 0 Å². The van der Waals surface area contributed by atoms with Crippen molar-refractivity contribution in [3.63, 3.8) is 0 Å². The van der Waals surface area contributed by atoms with E-state index in [1.165, 1.54) is 0 Å². The van der Waals surface area contributed by atoms with E-state index in [4.69, 9.17) is 13.0 Å². The largest absolute Gasteiger partial charge is 0.741 e. The maximum Gasteiger partial charge on any atom is 0.485 e. The third-order valence-electron chi connectivity index (χ3n) is 0.283. The second-order valence-corrected chi connectivity index (χ2v) is 4.95. The van der Waals surface area contributed by atoms with E-state index >= 15 is 0 Å². The van der Waals surface area contributed by atoms with Crippen molar-refractivity contribution in [2.24, 2.45) is 0 Å². The van der Waals surface area contributed by atoms with E-state index in [9.17, 15) is 13.2 Å². The molecule has 0 atom stereocenters. The van der Waals surface area contributed by atoms with E-state index in [0.29, 0.717) is 0 Å². The van der Waals surface area contributed by atoms with E-state index in [1.54, 1.807) is 0 Å². The van der Waals surface area contributed by atoms with Crippen molar-refractivity contribution in [1.29, 1.82) is 0 Å². The molecule has 0 heterocycles. The first-order chi connectivity index (χ1) is 5.25. The van der Waals surface area contributed by atoms with Crippen molar-refractivity contribution in [1.82, 2.24) is 0 Å². The third-order valence-corrected chi connectivity index (χ3v) is 0.850. The topological polar surface area (TPSA) is 57.2 Å². The molecule has 0 unspecified atom stereocenters. The van der Waals surface area contributed by atoms with Crippen LogP contribution in [0, 0.1) is 0 Å². The van der Waals surface area contributed by atoms with Gasteiger partial charge < -0.3 is 9.04 Å². The predicted molar refractivity (Wildman–Crippen MR) is 39.7 cm³/mol. The summed E-state index contributed by atoms with van der Waals surface area (Å²) in [7, 11) is 2.41. The standard InChI is InChI=1S/C4H12N.CHF3O3S/c1-5(2,3)4;2-1(3,4)8(5,6)7/h1-4H3;(H,5,6,7)/q+1;/p-1. The summed E-state index contributed by atoms with van der Waals surface area (Å²) in [5, 5.41) is 0. The maximum atomic E-state index is 10.7. The van der Waals surface area contributed by atoms with Crippen LogP contribution in [0.5, 0.6) is 0 Å². The van der Waals surface area contributed by atoms with Gasteiger partial charge in [-0.05, 0) is 0 Å². The molecule has 0 aromatic carbocycles. The van der Waals surface area contributed by atoms with Crippen LogP contribution in [0.25, 0.3) is 0 Å². The SMILES string of the molecule is C[N+](C)(C)C.O=S(=O)([O-])C(F)(F)F. The van der Waals surface area contributed by atoms with E-state index in [1.807, 2.05) is 0 Å². The minimum atomic E-state index is -6.09. The Morgan fingerprint density at radius 3 is 1.15 bits per heavy atom. The summed E-state index contributed by atoms with van der Waals surface area (Å²) in [4.78, 5) is 0. The average molecular weight is 223 g/mol. The zero-order chi connectivity index (χ0) is 11.5. The smallest absolute Gasteiger partial charge is 0.485 e. The van der Waals surface area contributed by atoms with Gasteiger partial charge in [-0.1, -0.05) is 0 Å². The molecule has 0 aromatic rings. The summed E-state index contributed by atoms with van der Waals surface area (Å²) in [5.41, 5.74) is -5.65. The zero-order valence-electron chi connectivity index (χ0n) is 7.71. The Bertz CT molecular complexity index is 233. The van der Waals surface area contributed by atoms with Gasteiger partial charge in [0.1, 0.15) is 0 Å². The quantitative estimate of drug-likeness (QED) is 0.339. The van der Waals surface area contributed by atoms with Crippen LogP contribution in [0.15, 0.2) is 0 Å². The summed E-state index contributed by atoms with van der Waals surface area (Å²) in [6.07, 6.45) is 0. The van der Waals surface area contributed by atoms with Gasteiger partial charge in [0, 0.05) is 0 Å². The fourth-order valence-corrected chi connectivity index (χ4v) is 0. The van der Waals surface area contributed by atoms with Gasteiger partial charge >= 0.3 is 5.51 Å². The van der Waals surface area contributed by atoms with E-state index in [-0.39, 0.29) is 0 Å². The number of halogens is 3. The molecule has 0 aromatic heterocycles. The number of rotatable bonds is 0. The highest BCUT2D eigenvalue weighted by Crippen LogP contribution is 2.20. The number of hydrogen-bond acceptors (Lipinski definition) is 3. The molecule has 0 amide bonds. The second-order valence-electron chi connectivity index (χ2n) is 3.58. The maximum absolute atomic E-state index is 10.7. The Hall–Kier alpha value is -0.340. The van der Waals surface area contributed by atoms with Crippen LogP contribution >= 0.6 is 0 Å². The monoisotopic (exact) mass is 223 g/mol. The lowest BCUT2D eigenvalue weighted by molar-refractivity contribution is -0.849. The first kappa shape index (κ1) is 15.1. The summed E-state index contributed by atoms with van der Waals surface area (Å²) in [6, 6.07) is 0. The molecule has 0 spiro atoms. The molecule has 0 aliphatic heterocycles. The minimum Gasteiger partial charge on any atom is -0.741 e. The van der Waals surface area contributed by atoms with Gasteiger partial charge in [0.2, 0.25) is 0 Å². The molecule has 0 N–H and O–H groups in total. The fraction of sp³-hybridized carbons (Fsp3) is 1.00. The van der Waals surface area contributed by atoms with Crippen molar-refractivity contribution in [3.05, 3.63) is 0 Å². The average Bonchev–Trinajstić information content (AvgIpc) is 1.50. The molecule has 82 valence electrons. The fourth-order valence-electron chi connectivity index (χ4n) is 0. The molecule has 0 aliphatic rings. The highest BCUT2D eigenvalue weighted by molar-refractivity contribution is 7.86. The Labute approximate surface area is 75.3 Å². The Kier molecular flexibility index (Phi) is 4.95. The van der Waals surface area contributed by atoms with E-state index in [2.05, 4.69) is 28.2 Å². The van der Waals surface area contributed by atoms with E-state index < -0.39 is 15.6 Å². The van der Waals surface area contributed by atoms with Gasteiger partial charge in [-0.3, -0.25) is 0 Å². The normalized spacial score (nSPS) is 13.2. The Balaban J connectivity index is 0. The van der Waals surface area contributed by atoms with Crippen LogP contribution < -0.4 is 0 Å². The minimum absolute atomic E-state index is 1.00. The molecule has 13 heavy (non-hydrogen) atoms. The van der Waals surface area contributed by atoms with Crippen molar-refractivity contribution in [2.75, 3.05) is 28.2 Å². The predicted octanol–water partition coefficient (Wildman–Crippen LogP) is 0.374. The van der Waals surface area contributed by atoms with Crippen LogP contribution in [0.2, 0.25) is 0 Å². The Morgan fingerprint density at radius 2 is 1.15 bits per heavy atom. The van der Waals surface area contributed by atoms with Gasteiger partial charge in [-0.25, -0.2) is 8.42 Å². The number of quaternary nitrogens is 1. The second kappa shape index (κ2) is 4.25. The first-order valence-electron chi connectivity index (χ1n) is 3.06. The summed E-state index contributed by atoms with van der Waals surface area (Å²) < 4.78 is 59.9. The molecular formula is C5H12F3NO3S. The number of nitrogens with zero attached hydrogens (tertiary/aromatic N) is 1. The molecule has 8 heteroatoms. The van der Waals surface area contributed by atoms with Gasteiger partial charge in [0.25, 0.3) is 0 Å². The summed E-state index contributed by atoms with van der Waals surface area (Å²) in [6.45, 7) is 0. The lowest BCUT2D eigenvalue weighted by atomic mass is 10.8. The van der Waals surface area contributed by atoms with Crippen LogP contribution in [0.4, 0.5) is 13.2 Å². The third kappa shape index (κ3) is 14.5. The lowest BCUT2D eigenvalue weighted by Gasteiger charge is -2.14. The number of alkyl halides is 3. The van der Waals surface area contributed by atoms with Gasteiger partial charge in [0.05, 0.1) is 28.2 Å². The van der Waals surface area contributed by atoms with Crippen LogP contribution in [-0.2, 0) is 10.1 Å². The zero-order valence-corrected chi connectivity index (χ0v) is 8.53. The summed E-state index contributed by atoms with van der Waals surface area (Å²) >= 11 is 0. The summed E-state index contributed by atoms with van der Waals surface area (Å²) in [5.74, 6) is 0. The molecule has 0 saturated carbocycles. The molecule has 4 nitrogen and oxygen atoms in total. The molecule has 0 aliphatic carbocycles. The van der Waals surface area contributed by atoms with Gasteiger partial charge in [0.15, 0.2) is 10.1 Å². The molecule has 0 radical (unpaired) electrons. The molecule has 0 rings (SSSR count). The molecule has 0 bridgehead atoms. The number of hydrogen-bond donors (Lipinski definition) is 0. The first-order valence-corrected chi connectivity index (χ1v) is 4.47. The highest BCUT2D eigenvalue weighted by Gasteiger charge is 2.36. The van der Waals surface area contributed by atoms with Crippen molar-refractivity contribution >= 4 is 10.1 Å². The lowest BCUT2D eigenvalue weighted by Crippen LogP contribution is -2.27. The van der Waals surface area contributed by atoms with Crippen molar-refractivity contribution in [2.45, 2.75) is 5.51 Å². The van der Waals surface area contributed by atoms with Gasteiger partial charge in [-0.15, -0.1) is 0 Å². The molecular weight excluding hydrogens is 211 g/mol. The Morgan fingerprint density at radius 1 is 1.08 bits per heavy atom. The van der Waals surface area contributed by atoms with E-state index in [0.717, 1.165) is 4.48 Å². The molecule has 0 saturated heterocycles. The van der Waals surface area contributed by atoms with Crippen LogP contribution in [-0.4, -0.2) is 51.2 Å². The van der Waals surface area contributed by atoms with Crippen LogP contribution in [0.3, 0.4) is 0 Å². The van der Waals surface area contributed by atoms with Gasteiger partial charge in [-0.2, -0.15) is 13.2 Å². The highest BCUT2D eigenvalue weighted by atomic mass is 32.2. The van der Waals surface area contributed by atoms with Crippen LogP contribution in [0.1, 0.15) is 0 Å². The molecule has 0 fully saturated rings. The van der Waals surface area contributed by atoms with Crippen molar-refractivity contribution < 1.29 is 30.6 Å².